The van der Waals surface area contributed by atoms with Crippen LogP contribution in [0, 0.1) is 5.92 Å². The normalized spacial score (nSPS) is 28.1. The van der Waals surface area contributed by atoms with Crippen molar-refractivity contribution in [1.82, 2.24) is 15.5 Å². The maximum atomic E-state index is 5.81. The number of aromatic nitrogens is 2. The molecule has 1 fully saturated rings. The molecule has 1 N–H and O–H groups in total. The van der Waals surface area contributed by atoms with Crippen molar-refractivity contribution in [3.05, 3.63) is 41.5 Å². The largest absolute Gasteiger partial charge is 0.493 e. The van der Waals surface area contributed by atoms with Gasteiger partial charge in [-0.3, -0.25) is 0 Å². The first kappa shape index (κ1) is 12.8. The summed E-state index contributed by atoms with van der Waals surface area (Å²) in [6.45, 7) is 3.85. The van der Waals surface area contributed by atoms with Gasteiger partial charge in [-0.25, -0.2) is 0 Å². The number of nitrogens with zero attached hydrogens (tertiary/aromatic N) is 2. The van der Waals surface area contributed by atoms with Crippen molar-refractivity contribution < 1.29 is 9.26 Å². The van der Waals surface area contributed by atoms with Crippen LogP contribution in [0.1, 0.15) is 42.6 Å². The third kappa shape index (κ3) is 2.31. The van der Waals surface area contributed by atoms with Gasteiger partial charge in [-0.2, -0.15) is 4.98 Å². The number of para-hydroxylation sites is 1. The number of fused-ring (bicyclic) bond motifs is 1. The van der Waals surface area contributed by atoms with Crippen molar-refractivity contribution in [1.29, 1.82) is 0 Å². The molecule has 2 aromatic rings. The second-order valence-electron chi connectivity index (χ2n) is 6.01. The molecule has 5 nitrogen and oxygen atoms in total. The Morgan fingerprint density at radius 3 is 3.05 bits per heavy atom. The lowest BCUT2D eigenvalue weighted by atomic mass is 9.96. The van der Waals surface area contributed by atoms with E-state index < -0.39 is 0 Å². The second-order valence-corrected chi connectivity index (χ2v) is 6.01. The molecular weight excluding hydrogens is 266 g/mol. The maximum Gasteiger partial charge on any atom is 0.244 e. The zero-order valence-corrected chi connectivity index (χ0v) is 12.1. The number of benzene rings is 1. The molecule has 0 spiro atoms. The van der Waals surface area contributed by atoms with Gasteiger partial charge >= 0.3 is 0 Å². The number of hydrogen-bond acceptors (Lipinski definition) is 5. The lowest BCUT2D eigenvalue weighted by molar-refractivity contribution is 0.253. The molecule has 1 aromatic carbocycles. The maximum absolute atomic E-state index is 5.81. The van der Waals surface area contributed by atoms with Crippen molar-refractivity contribution in [2.75, 3.05) is 13.2 Å². The molecule has 0 bridgehead atoms. The zero-order chi connectivity index (χ0) is 14.2. The number of ether oxygens (including phenoxy) is 1. The first-order valence-electron chi connectivity index (χ1n) is 7.59. The van der Waals surface area contributed by atoms with E-state index in [4.69, 9.17) is 9.26 Å². The van der Waals surface area contributed by atoms with Crippen LogP contribution >= 0.6 is 0 Å². The Morgan fingerprint density at radius 1 is 1.29 bits per heavy atom. The molecule has 4 rings (SSSR count). The molecule has 2 aliphatic rings. The molecule has 5 heteroatoms. The van der Waals surface area contributed by atoms with Gasteiger partial charge in [0.25, 0.3) is 0 Å². The third-order valence-electron chi connectivity index (χ3n) is 4.50. The molecule has 110 valence electrons. The van der Waals surface area contributed by atoms with E-state index in [0.717, 1.165) is 31.0 Å². The molecule has 1 saturated heterocycles. The van der Waals surface area contributed by atoms with Gasteiger partial charge in [-0.15, -0.1) is 0 Å². The molecule has 3 atom stereocenters. The first-order chi connectivity index (χ1) is 10.3. The number of nitrogens with one attached hydrogen (secondary N) is 1. The van der Waals surface area contributed by atoms with E-state index in [0.29, 0.717) is 18.4 Å². The molecule has 0 radical (unpaired) electrons. The van der Waals surface area contributed by atoms with Gasteiger partial charge in [0.1, 0.15) is 5.75 Å². The Hall–Kier alpha value is -1.88. The van der Waals surface area contributed by atoms with Crippen LogP contribution in [0.3, 0.4) is 0 Å². The molecule has 3 unspecified atom stereocenters. The highest BCUT2D eigenvalue weighted by atomic mass is 16.5. The quantitative estimate of drug-likeness (QED) is 0.918. The smallest absolute Gasteiger partial charge is 0.244 e. The SMILES string of the molecule is CC1CCNC1c1nc(C2COc3ccccc3C2)no1. The molecular formula is C16H19N3O2. The van der Waals surface area contributed by atoms with Gasteiger partial charge in [-0.05, 0) is 36.9 Å². The van der Waals surface area contributed by atoms with Crippen molar-refractivity contribution in [2.24, 2.45) is 5.92 Å². The van der Waals surface area contributed by atoms with Gasteiger partial charge in [0.2, 0.25) is 5.89 Å². The molecule has 3 heterocycles. The van der Waals surface area contributed by atoms with E-state index in [2.05, 4.69) is 28.4 Å². The van der Waals surface area contributed by atoms with E-state index in [1.165, 1.54) is 5.56 Å². The highest BCUT2D eigenvalue weighted by molar-refractivity contribution is 5.36. The average Bonchev–Trinajstić information content (AvgIpc) is 3.15. The summed E-state index contributed by atoms with van der Waals surface area (Å²) in [5.41, 5.74) is 1.22. The van der Waals surface area contributed by atoms with Crippen LogP contribution in [0.4, 0.5) is 0 Å². The summed E-state index contributed by atoms with van der Waals surface area (Å²) in [6.07, 6.45) is 2.06. The second kappa shape index (κ2) is 5.15. The summed E-state index contributed by atoms with van der Waals surface area (Å²) >= 11 is 0. The van der Waals surface area contributed by atoms with Crippen LogP contribution in [0.25, 0.3) is 0 Å². The Kier molecular flexibility index (Phi) is 3.15. The molecule has 0 amide bonds. The van der Waals surface area contributed by atoms with Gasteiger partial charge in [0.15, 0.2) is 5.82 Å². The third-order valence-corrected chi connectivity index (χ3v) is 4.50. The minimum atomic E-state index is 0.175. The first-order valence-corrected chi connectivity index (χ1v) is 7.59. The van der Waals surface area contributed by atoms with Crippen LogP contribution in [0.5, 0.6) is 5.75 Å². The van der Waals surface area contributed by atoms with Gasteiger partial charge in [0, 0.05) is 0 Å². The van der Waals surface area contributed by atoms with E-state index in [1.54, 1.807) is 0 Å². The topological polar surface area (TPSA) is 60.2 Å². The fraction of sp³-hybridized carbons (Fsp3) is 0.500. The van der Waals surface area contributed by atoms with E-state index in [1.807, 2.05) is 18.2 Å². The molecule has 0 aliphatic carbocycles. The highest BCUT2D eigenvalue weighted by Gasteiger charge is 2.31. The van der Waals surface area contributed by atoms with Crippen LogP contribution in [-0.2, 0) is 6.42 Å². The van der Waals surface area contributed by atoms with Crippen LogP contribution in [0.15, 0.2) is 28.8 Å². The predicted octanol–water partition coefficient (Wildman–Crippen LogP) is 2.46. The van der Waals surface area contributed by atoms with Crippen LogP contribution in [0.2, 0.25) is 0 Å². The number of hydrogen-bond donors (Lipinski definition) is 1. The molecule has 21 heavy (non-hydrogen) atoms. The van der Waals surface area contributed by atoms with Gasteiger partial charge in [-0.1, -0.05) is 30.3 Å². The zero-order valence-electron chi connectivity index (χ0n) is 12.1. The fourth-order valence-electron chi connectivity index (χ4n) is 3.20. The fourth-order valence-corrected chi connectivity index (χ4v) is 3.20. The van der Waals surface area contributed by atoms with Crippen molar-refractivity contribution in [3.63, 3.8) is 0 Å². The molecule has 1 aromatic heterocycles. The Labute approximate surface area is 123 Å². The van der Waals surface area contributed by atoms with Gasteiger partial charge in [0.05, 0.1) is 18.6 Å². The summed E-state index contributed by atoms with van der Waals surface area (Å²) in [5, 5.41) is 7.61. The summed E-state index contributed by atoms with van der Waals surface area (Å²) in [6, 6.07) is 8.35. The average molecular weight is 285 g/mol. The summed E-state index contributed by atoms with van der Waals surface area (Å²) in [5.74, 6) is 3.17. The highest BCUT2D eigenvalue weighted by Crippen LogP contribution is 2.33. The van der Waals surface area contributed by atoms with Crippen molar-refractivity contribution in [2.45, 2.75) is 31.7 Å². The lowest BCUT2D eigenvalue weighted by Gasteiger charge is -2.22. The van der Waals surface area contributed by atoms with Crippen LogP contribution in [-0.4, -0.2) is 23.3 Å². The Balaban J connectivity index is 1.54. The van der Waals surface area contributed by atoms with E-state index in [-0.39, 0.29) is 12.0 Å². The van der Waals surface area contributed by atoms with Gasteiger partial charge < -0.3 is 14.6 Å². The lowest BCUT2D eigenvalue weighted by Crippen LogP contribution is -2.21. The molecule has 2 aliphatic heterocycles. The van der Waals surface area contributed by atoms with E-state index in [9.17, 15) is 0 Å². The minimum absolute atomic E-state index is 0.175. The van der Waals surface area contributed by atoms with E-state index >= 15 is 0 Å². The number of rotatable bonds is 2. The minimum Gasteiger partial charge on any atom is -0.493 e. The van der Waals surface area contributed by atoms with Crippen molar-refractivity contribution in [3.8, 4) is 5.75 Å². The summed E-state index contributed by atoms with van der Waals surface area (Å²) in [4.78, 5) is 4.62. The molecule has 0 saturated carbocycles. The summed E-state index contributed by atoms with van der Waals surface area (Å²) < 4.78 is 11.3. The van der Waals surface area contributed by atoms with Crippen LogP contribution < -0.4 is 10.1 Å². The Morgan fingerprint density at radius 2 is 2.19 bits per heavy atom. The predicted molar refractivity (Wildman–Crippen MR) is 77.2 cm³/mol. The van der Waals surface area contributed by atoms with Crippen molar-refractivity contribution >= 4 is 0 Å². The summed E-state index contributed by atoms with van der Waals surface area (Å²) in [7, 11) is 0. The monoisotopic (exact) mass is 285 g/mol. The standard InChI is InChI=1S/C16H19N3O2/c1-10-6-7-17-14(10)16-18-15(19-21-16)12-8-11-4-2-3-5-13(11)20-9-12/h2-5,10,12,14,17H,6-9H2,1H3. The Bertz CT molecular complexity index is 640.